The van der Waals surface area contributed by atoms with Crippen LogP contribution in [0.2, 0.25) is 0 Å². The van der Waals surface area contributed by atoms with Crippen LogP contribution in [-0.2, 0) is 9.53 Å². The predicted molar refractivity (Wildman–Crippen MR) is 52.7 cm³/mol. The van der Waals surface area contributed by atoms with Crippen LogP contribution in [0.3, 0.4) is 0 Å². The molecule has 0 aromatic heterocycles. The number of carbonyl (C=O) groups is 1. The molecule has 14 heavy (non-hydrogen) atoms. The van der Waals surface area contributed by atoms with Crippen molar-refractivity contribution in [1.29, 1.82) is 0 Å². The molecule has 0 saturated carbocycles. The van der Waals surface area contributed by atoms with Crippen LogP contribution in [0.1, 0.15) is 18.5 Å². The van der Waals surface area contributed by atoms with Gasteiger partial charge in [0.2, 0.25) is 0 Å². The standard InChI is InChI=1S/C11H13NO2/c1-2-14-11(13)10-9(12-10)8-6-4-3-5-7-8/h3-7,9-10,12H,2H2,1H3/t9?,10-/m1/s1. The molecule has 1 fully saturated rings. The topological polar surface area (TPSA) is 48.2 Å². The second kappa shape index (κ2) is 3.80. The fourth-order valence-corrected chi connectivity index (χ4v) is 1.52. The number of hydrogen-bond acceptors (Lipinski definition) is 3. The minimum atomic E-state index is -0.152. The molecule has 0 spiro atoms. The molecule has 3 nitrogen and oxygen atoms in total. The Morgan fingerprint density at radius 3 is 2.79 bits per heavy atom. The van der Waals surface area contributed by atoms with Gasteiger partial charge in [0.25, 0.3) is 0 Å². The number of hydrogen-bond donors (Lipinski definition) is 1. The Morgan fingerprint density at radius 1 is 1.43 bits per heavy atom. The van der Waals surface area contributed by atoms with Crippen molar-refractivity contribution >= 4 is 5.97 Å². The Morgan fingerprint density at radius 2 is 2.14 bits per heavy atom. The minimum Gasteiger partial charge on any atom is -0.465 e. The molecule has 1 saturated heterocycles. The number of ether oxygens (including phenoxy) is 1. The van der Waals surface area contributed by atoms with Gasteiger partial charge >= 0.3 is 5.97 Å². The van der Waals surface area contributed by atoms with E-state index in [0.29, 0.717) is 6.61 Å². The van der Waals surface area contributed by atoms with Gasteiger partial charge in [-0.15, -0.1) is 0 Å². The molecule has 3 heteroatoms. The second-order valence-electron chi connectivity index (χ2n) is 3.28. The molecule has 2 rings (SSSR count). The first-order valence-corrected chi connectivity index (χ1v) is 4.80. The molecular weight excluding hydrogens is 178 g/mol. The Balaban J connectivity index is 1.96. The number of nitrogens with one attached hydrogen (secondary N) is 1. The third-order valence-electron chi connectivity index (χ3n) is 2.28. The molecule has 0 bridgehead atoms. The summed E-state index contributed by atoms with van der Waals surface area (Å²) in [4.78, 5) is 11.3. The molecule has 1 aromatic carbocycles. The van der Waals surface area contributed by atoms with Gasteiger partial charge in [-0.2, -0.15) is 0 Å². The van der Waals surface area contributed by atoms with Crippen molar-refractivity contribution in [2.75, 3.05) is 6.61 Å². The normalized spacial score (nSPS) is 24.4. The van der Waals surface area contributed by atoms with Crippen LogP contribution in [0.15, 0.2) is 30.3 Å². The molecule has 0 aliphatic carbocycles. The Bertz CT molecular complexity index is 323. The van der Waals surface area contributed by atoms with E-state index in [1.165, 1.54) is 0 Å². The first-order chi connectivity index (χ1) is 6.83. The molecular formula is C11H13NO2. The van der Waals surface area contributed by atoms with Crippen LogP contribution >= 0.6 is 0 Å². The van der Waals surface area contributed by atoms with Gasteiger partial charge in [-0.25, -0.2) is 0 Å². The summed E-state index contributed by atoms with van der Waals surface area (Å²) in [6, 6.07) is 9.93. The molecule has 1 N–H and O–H groups in total. The molecule has 1 aliphatic heterocycles. The molecule has 0 radical (unpaired) electrons. The summed E-state index contributed by atoms with van der Waals surface area (Å²) in [5.74, 6) is -0.152. The molecule has 1 heterocycles. The van der Waals surface area contributed by atoms with Crippen LogP contribution < -0.4 is 5.32 Å². The van der Waals surface area contributed by atoms with Crippen molar-refractivity contribution in [2.45, 2.75) is 19.0 Å². The van der Waals surface area contributed by atoms with Crippen LogP contribution in [-0.4, -0.2) is 18.6 Å². The average molecular weight is 191 g/mol. The van der Waals surface area contributed by atoms with Crippen molar-refractivity contribution < 1.29 is 9.53 Å². The van der Waals surface area contributed by atoms with Crippen LogP contribution in [0.25, 0.3) is 0 Å². The summed E-state index contributed by atoms with van der Waals surface area (Å²) >= 11 is 0. The largest absolute Gasteiger partial charge is 0.465 e. The van der Waals surface area contributed by atoms with Gasteiger partial charge in [-0.05, 0) is 12.5 Å². The molecule has 74 valence electrons. The first-order valence-electron chi connectivity index (χ1n) is 4.80. The van der Waals surface area contributed by atoms with Crippen LogP contribution in [0.5, 0.6) is 0 Å². The van der Waals surface area contributed by atoms with E-state index in [1.807, 2.05) is 37.3 Å². The molecule has 1 aromatic rings. The fraction of sp³-hybridized carbons (Fsp3) is 0.364. The lowest BCUT2D eigenvalue weighted by Gasteiger charge is -1.98. The summed E-state index contributed by atoms with van der Waals surface area (Å²) in [6.07, 6.45) is 0. The quantitative estimate of drug-likeness (QED) is 0.578. The summed E-state index contributed by atoms with van der Waals surface area (Å²) in [7, 11) is 0. The van der Waals surface area contributed by atoms with Gasteiger partial charge in [-0.3, -0.25) is 10.1 Å². The van der Waals surface area contributed by atoms with Crippen LogP contribution in [0.4, 0.5) is 0 Å². The summed E-state index contributed by atoms with van der Waals surface area (Å²) in [6.45, 7) is 2.26. The zero-order chi connectivity index (χ0) is 9.97. The van der Waals surface area contributed by atoms with Crippen molar-refractivity contribution in [2.24, 2.45) is 0 Å². The minimum absolute atomic E-state index is 0.141. The molecule has 0 amide bonds. The van der Waals surface area contributed by atoms with Gasteiger partial charge in [-0.1, -0.05) is 30.3 Å². The highest BCUT2D eigenvalue weighted by Crippen LogP contribution is 2.29. The monoisotopic (exact) mass is 191 g/mol. The van der Waals surface area contributed by atoms with E-state index in [1.54, 1.807) is 0 Å². The Kier molecular flexibility index (Phi) is 2.50. The fourth-order valence-electron chi connectivity index (χ4n) is 1.52. The van der Waals surface area contributed by atoms with Crippen molar-refractivity contribution in [3.05, 3.63) is 35.9 Å². The van der Waals surface area contributed by atoms with E-state index in [-0.39, 0.29) is 18.1 Å². The van der Waals surface area contributed by atoms with Gasteiger partial charge in [0.05, 0.1) is 12.6 Å². The third kappa shape index (κ3) is 1.77. The van der Waals surface area contributed by atoms with E-state index < -0.39 is 0 Å². The van der Waals surface area contributed by atoms with Gasteiger partial charge in [0.1, 0.15) is 6.04 Å². The van der Waals surface area contributed by atoms with E-state index in [4.69, 9.17) is 4.74 Å². The van der Waals surface area contributed by atoms with Crippen LogP contribution in [0, 0.1) is 0 Å². The zero-order valence-electron chi connectivity index (χ0n) is 8.07. The Labute approximate surface area is 83.1 Å². The molecule has 2 atom stereocenters. The van der Waals surface area contributed by atoms with E-state index >= 15 is 0 Å². The summed E-state index contributed by atoms with van der Waals surface area (Å²) in [5, 5.41) is 3.10. The van der Waals surface area contributed by atoms with E-state index in [0.717, 1.165) is 5.56 Å². The Hall–Kier alpha value is -1.35. The first kappa shape index (κ1) is 9.21. The highest BCUT2D eigenvalue weighted by Gasteiger charge is 2.44. The highest BCUT2D eigenvalue weighted by atomic mass is 16.5. The lowest BCUT2D eigenvalue weighted by atomic mass is 10.1. The summed E-state index contributed by atoms with van der Waals surface area (Å²) < 4.78 is 4.92. The van der Waals surface area contributed by atoms with Crippen molar-refractivity contribution in [3.63, 3.8) is 0 Å². The highest BCUT2D eigenvalue weighted by molar-refractivity contribution is 5.80. The number of carbonyl (C=O) groups excluding carboxylic acids is 1. The lowest BCUT2D eigenvalue weighted by Crippen LogP contribution is -2.13. The lowest BCUT2D eigenvalue weighted by molar-refractivity contribution is -0.142. The maximum absolute atomic E-state index is 11.3. The smallest absolute Gasteiger partial charge is 0.325 e. The van der Waals surface area contributed by atoms with Crippen molar-refractivity contribution in [3.8, 4) is 0 Å². The number of benzene rings is 1. The zero-order valence-corrected chi connectivity index (χ0v) is 8.07. The molecule has 1 unspecified atom stereocenters. The average Bonchev–Trinajstić information content (AvgIpc) is 2.99. The van der Waals surface area contributed by atoms with Gasteiger partial charge in [0, 0.05) is 0 Å². The van der Waals surface area contributed by atoms with Gasteiger partial charge in [0.15, 0.2) is 0 Å². The van der Waals surface area contributed by atoms with E-state index in [2.05, 4.69) is 5.32 Å². The second-order valence-corrected chi connectivity index (χ2v) is 3.28. The SMILES string of the molecule is CCOC(=O)[C@@H]1NC1c1ccccc1. The van der Waals surface area contributed by atoms with Crippen molar-refractivity contribution in [1.82, 2.24) is 5.32 Å². The summed E-state index contributed by atoms with van der Waals surface area (Å²) in [5.41, 5.74) is 1.14. The maximum atomic E-state index is 11.3. The predicted octanol–water partition coefficient (Wildman–Crippen LogP) is 1.26. The third-order valence-corrected chi connectivity index (χ3v) is 2.28. The molecule has 1 aliphatic rings. The number of esters is 1. The number of rotatable bonds is 3. The van der Waals surface area contributed by atoms with Gasteiger partial charge < -0.3 is 4.74 Å². The van der Waals surface area contributed by atoms with E-state index in [9.17, 15) is 4.79 Å². The maximum Gasteiger partial charge on any atom is 0.325 e.